The van der Waals surface area contributed by atoms with Crippen molar-refractivity contribution in [2.75, 3.05) is 6.54 Å². The number of hydrogen-bond donors (Lipinski definition) is 0. The lowest BCUT2D eigenvalue weighted by molar-refractivity contribution is 0.0672. The highest BCUT2D eigenvalue weighted by molar-refractivity contribution is 7.08. The second kappa shape index (κ2) is 5.99. The lowest BCUT2D eigenvalue weighted by Crippen LogP contribution is -2.39. The van der Waals surface area contributed by atoms with Gasteiger partial charge < -0.3 is 4.90 Å². The summed E-state index contributed by atoms with van der Waals surface area (Å²) in [6.07, 6.45) is 0.623. The van der Waals surface area contributed by atoms with Crippen LogP contribution < -0.4 is 0 Å². The van der Waals surface area contributed by atoms with Gasteiger partial charge in [-0.05, 0) is 38.1 Å². The van der Waals surface area contributed by atoms with Gasteiger partial charge in [0.1, 0.15) is 17.3 Å². The Bertz CT molecular complexity index is 935. The standard InChI is InChI=1S/C16H15FN6OS/c1-9-14-13(23(21-19-14)16-18-10(2)20-25-16)7-8-22(9)15(24)11-3-5-12(17)6-4-11/h3-6,9H,7-8H2,1-2H3/t9-/m0/s1. The Morgan fingerprint density at radius 1 is 1.32 bits per heavy atom. The molecule has 1 aliphatic rings. The van der Waals surface area contributed by atoms with E-state index < -0.39 is 0 Å². The number of carbonyl (C=O) groups excluding carboxylic acids is 1. The molecule has 25 heavy (non-hydrogen) atoms. The van der Waals surface area contributed by atoms with Crippen LogP contribution >= 0.6 is 11.5 Å². The molecule has 3 aromatic rings. The quantitative estimate of drug-likeness (QED) is 0.703. The lowest BCUT2D eigenvalue weighted by atomic mass is 10.0. The van der Waals surface area contributed by atoms with Crippen LogP contribution in [0.1, 0.15) is 40.5 Å². The Hall–Kier alpha value is -2.68. The van der Waals surface area contributed by atoms with E-state index in [1.54, 1.807) is 9.58 Å². The van der Waals surface area contributed by atoms with E-state index in [1.807, 2.05) is 13.8 Å². The summed E-state index contributed by atoms with van der Waals surface area (Å²) in [5.41, 5.74) is 2.17. The van der Waals surface area contributed by atoms with Gasteiger partial charge in [0.15, 0.2) is 0 Å². The van der Waals surface area contributed by atoms with Crippen molar-refractivity contribution in [1.29, 1.82) is 0 Å². The number of aromatic nitrogens is 5. The summed E-state index contributed by atoms with van der Waals surface area (Å²) < 4.78 is 19.0. The number of aryl methyl sites for hydroxylation is 1. The zero-order valence-electron chi connectivity index (χ0n) is 13.7. The molecule has 3 heterocycles. The average Bonchev–Trinajstić information content (AvgIpc) is 3.21. The normalized spacial score (nSPS) is 16.8. The fourth-order valence-electron chi connectivity index (χ4n) is 3.00. The third-order valence-electron chi connectivity index (χ3n) is 4.30. The van der Waals surface area contributed by atoms with Gasteiger partial charge in [-0.2, -0.15) is 9.06 Å². The number of halogens is 1. The predicted molar refractivity (Wildman–Crippen MR) is 89.1 cm³/mol. The lowest BCUT2D eigenvalue weighted by Gasteiger charge is -2.32. The molecule has 0 saturated carbocycles. The van der Waals surface area contributed by atoms with Crippen LogP contribution in [0.3, 0.4) is 0 Å². The summed E-state index contributed by atoms with van der Waals surface area (Å²) in [6.45, 7) is 4.29. The minimum Gasteiger partial charge on any atom is -0.330 e. The molecule has 0 fully saturated rings. The molecule has 4 rings (SSSR count). The van der Waals surface area contributed by atoms with Gasteiger partial charge >= 0.3 is 0 Å². The summed E-state index contributed by atoms with van der Waals surface area (Å²) in [4.78, 5) is 18.8. The second-order valence-electron chi connectivity index (χ2n) is 5.89. The maximum absolute atomic E-state index is 13.1. The van der Waals surface area contributed by atoms with Gasteiger partial charge in [0.25, 0.3) is 5.91 Å². The number of hydrogen-bond acceptors (Lipinski definition) is 6. The molecule has 1 atom stereocenters. The molecule has 0 unspecified atom stereocenters. The van der Waals surface area contributed by atoms with Crippen molar-refractivity contribution in [3.05, 3.63) is 52.9 Å². The predicted octanol–water partition coefficient (Wildman–Crippen LogP) is 2.33. The first kappa shape index (κ1) is 15.8. The minimum absolute atomic E-state index is 0.139. The molecule has 1 amide bonds. The van der Waals surface area contributed by atoms with Gasteiger partial charge in [0.2, 0.25) is 5.13 Å². The van der Waals surface area contributed by atoms with Crippen LogP contribution in [0.25, 0.3) is 5.13 Å². The molecule has 1 aliphatic heterocycles. The molecule has 0 aliphatic carbocycles. The third-order valence-corrected chi connectivity index (χ3v) is 5.08. The zero-order chi connectivity index (χ0) is 17.6. The smallest absolute Gasteiger partial charge is 0.254 e. The van der Waals surface area contributed by atoms with Crippen LogP contribution in [0.4, 0.5) is 4.39 Å². The van der Waals surface area contributed by atoms with Crippen molar-refractivity contribution in [3.63, 3.8) is 0 Å². The first-order chi connectivity index (χ1) is 12.0. The van der Waals surface area contributed by atoms with Crippen molar-refractivity contribution < 1.29 is 9.18 Å². The van der Waals surface area contributed by atoms with Crippen molar-refractivity contribution in [2.45, 2.75) is 26.3 Å². The molecule has 0 radical (unpaired) electrons. The van der Waals surface area contributed by atoms with Crippen molar-refractivity contribution in [2.24, 2.45) is 0 Å². The molecule has 0 bridgehead atoms. The molecule has 128 valence electrons. The van der Waals surface area contributed by atoms with Gasteiger partial charge in [-0.1, -0.05) is 5.21 Å². The van der Waals surface area contributed by atoms with E-state index in [1.165, 1.54) is 35.8 Å². The summed E-state index contributed by atoms with van der Waals surface area (Å²) in [7, 11) is 0. The van der Waals surface area contributed by atoms with E-state index >= 15 is 0 Å². The molecule has 2 aromatic heterocycles. The van der Waals surface area contributed by atoms with Crippen LogP contribution in [0.15, 0.2) is 24.3 Å². The zero-order valence-corrected chi connectivity index (χ0v) is 14.5. The Labute approximate surface area is 147 Å². The van der Waals surface area contributed by atoms with Crippen LogP contribution in [-0.2, 0) is 6.42 Å². The minimum atomic E-state index is -0.360. The first-order valence-electron chi connectivity index (χ1n) is 7.86. The van der Waals surface area contributed by atoms with Gasteiger partial charge in [-0.3, -0.25) is 4.79 Å². The molecule has 1 aromatic carbocycles. The maximum Gasteiger partial charge on any atom is 0.254 e. The third kappa shape index (κ3) is 2.70. The average molecular weight is 358 g/mol. The van der Waals surface area contributed by atoms with E-state index in [9.17, 15) is 9.18 Å². The molecule has 9 heteroatoms. The molecular formula is C16H15FN6OS. The molecular weight excluding hydrogens is 343 g/mol. The van der Waals surface area contributed by atoms with Gasteiger partial charge in [-0.25, -0.2) is 9.37 Å². The fourth-order valence-corrected chi connectivity index (χ4v) is 3.65. The van der Waals surface area contributed by atoms with Crippen molar-refractivity contribution in [1.82, 2.24) is 29.3 Å². The van der Waals surface area contributed by atoms with E-state index in [2.05, 4.69) is 19.7 Å². The summed E-state index contributed by atoms with van der Waals surface area (Å²) in [6, 6.07) is 5.37. The summed E-state index contributed by atoms with van der Waals surface area (Å²) in [5.74, 6) is 0.196. The molecule has 7 nitrogen and oxygen atoms in total. The van der Waals surface area contributed by atoms with E-state index in [0.717, 1.165) is 11.4 Å². The molecule has 0 N–H and O–H groups in total. The van der Waals surface area contributed by atoms with E-state index in [-0.39, 0.29) is 17.8 Å². The van der Waals surface area contributed by atoms with Gasteiger partial charge in [-0.15, -0.1) is 5.10 Å². The number of benzene rings is 1. The highest BCUT2D eigenvalue weighted by Crippen LogP contribution is 2.30. The number of amides is 1. The van der Waals surface area contributed by atoms with Crippen LogP contribution in [0.2, 0.25) is 0 Å². The monoisotopic (exact) mass is 358 g/mol. The van der Waals surface area contributed by atoms with Gasteiger partial charge in [0.05, 0.1) is 11.7 Å². The number of rotatable bonds is 2. The SMILES string of the molecule is Cc1nsc(-n2nnc3c2CCN(C(=O)c2ccc(F)cc2)[C@H]3C)n1. The fraction of sp³-hybridized carbons (Fsp3) is 0.312. The van der Waals surface area contributed by atoms with Crippen LogP contribution in [0.5, 0.6) is 0 Å². The largest absolute Gasteiger partial charge is 0.330 e. The summed E-state index contributed by atoms with van der Waals surface area (Å²) in [5, 5.41) is 9.14. The number of nitrogens with zero attached hydrogens (tertiary/aromatic N) is 6. The molecule has 0 saturated heterocycles. The first-order valence-corrected chi connectivity index (χ1v) is 8.63. The maximum atomic E-state index is 13.1. The van der Waals surface area contributed by atoms with Crippen LogP contribution in [-0.4, -0.2) is 41.7 Å². The van der Waals surface area contributed by atoms with Crippen molar-refractivity contribution in [3.8, 4) is 5.13 Å². The Balaban J connectivity index is 1.63. The summed E-state index contributed by atoms with van der Waals surface area (Å²) >= 11 is 1.27. The van der Waals surface area contributed by atoms with E-state index in [0.29, 0.717) is 29.5 Å². The van der Waals surface area contributed by atoms with E-state index in [4.69, 9.17) is 0 Å². The Morgan fingerprint density at radius 3 is 2.76 bits per heavy atom. The number of fused-ring (bicyclic) bond motifs is 1. The number of carbonyl (C=O) groups is 1. The highest BCUT2D eigenvalue weighted by atomic mass is 32.1. The van der Waals surface area contributed by atoms with Crippen LogP contribution in [0, 0.1) is 12.7 Å². The topological polar surface area (TPSA) is 76.8 Å². The second-order valence-corrected chi connectivity index (χ2v) is 6.62. The Morgan fingerprint density at radius 2 is 2.08 bits per heavy atom. The van der Waals surface area contributed by atoms with Gasteiger partial charge in [0, 0.05) is 30.1 Å². The molecule has 0 spiro atoms. The Kier molecular flexibility index (Phi) is 3.79. The van der Waals surface area contributed by atoms with Crippen molar-refractivity contribution >= 4 is 17.4 Å². The highest BCUT2D eigenvalue weighted by Gasteiger charge is 2.33.